The lowest BCUT2D eigenvalue weighted by Crippen LogP contribution is -2.28. The van der Waals surface area contributed by atoms with Gasteiger partial charge in [0.25, 0.3) is 0 Å². The number of halogens is 1. The molecule has 9 heteroatoms. The highest BCUT2D eigenvalue weighted by molar-refractivity contribution is 6.30. The molecule has 0 saturated carbocycles. The Morgan fingerprint density at radius 1 is 0.868 bits per heavy atom. The number of rotatable bonds is 12. The number of nitrogens with one attached hydrogen (secondary N) is 4. The van der Waals surface area contributed by atoms with Gasteiger partial charge in [0.1, 0.15) is 11.6 Å². The van der Waals surface area contributed by atoms with E-state index in [-0.39, 0.29) is 11.8 Å². The molecule has 2 amide bonds. The van der Waals surface area contributed by atoms with E-state index in [0.717, 1.165) is 16.7 Å². The number of amides is 2. The molecule has 0 aliphatic heterocycles. The Kier molecular flexibility index (Phi) is 10.7. The number of anilines is 2. The molecule has 0 bridgehead atoms. The van der Waals surface area contributed by atoms with Gasteiger partial charge in [-0.3, -0.25) is 9.59 Å². The minimum absolute atomic E-state index is 0.0867. The largest absolute Gasteiger partial charge is 0.368 e. The number of benzene rings is 2. The van der Waals surface area contributed by atoms with Gasteiger partial charge in [-0.1, -0.05) is 49.7 Å². The molecule has 0 fully saturated rings. The molecule has 0 spiro atoms. The Morgan fingerprint density at radius 3 is 2.00 bits per heavy atom. The Balaban J connectivity index is 1.61. The molecular weight excluding hydrogens is 500 g/mol. The van der Waals surface area contributed by atoms with Crippen molar-refractivity contribution < 1.29 is 9.59 Å². The van der Waals surface area contributed by atoms with Gasteiger partial charge in [-0.25, -0.2) is 9.97 Å². The van der Waals surface area contributed by atoms with Crippen LogP contribution in [0.5, 0.6) is 0 Å². The van der Waals surface area contributed by atoms with Gasteiger partial charge in [0.2, 0.25) is 11.8 Å². The van der Waals surface area contributed by atoms with Crippen molar-refractivity contribution in [1.82, 2.24) is 20.6 Å². The Bertz CT molecular complexity index is 1260. The van der Waals surface area contributed by atoms with Crippen LogP contribution in [-0.4, -0.2) is 48.0 Å². The second-order valence-corrected chi connectivity index (χ2v) is 9.60. The molecule has 8 nitrogen and oxygen atoms in total. The maximum Gasteiger partial charge on any atom is 0.244 e. The van der Waals surface area contributed by atoms with Crippen LogP contribution in [0.4, 0.5) is 11.6 Å². The lowest BCUT2D eigenvalue weighted by Gasteiger charge is -2.16. The molecule has 3 rings (SSSR count). The zero-order valence-electron chi connectivity index (χ0n) is 22.3. The third-order valence-electron chi connectivity index (χ3n) is 5.79. The van der Waals surface area contributed by atoms with E-state index in [0.29, 0.717) is 54.6 Å². The number of nitrogens with zero attached hydrogens (tertiary/aromatic N) is 2. The smallest absolute Gasteiger partial charge is 0.244 e. The molecule has 0 radical (unpaired) electrons. The van der Waals surface area contributed by atoms with Crippen LogP contribution in [0.3, 0.4) is 0 Å². The highest BCUT2D eigenvalue weighted by Crippen LogP contribution is 2.26. The Hall–Kier alpha value is -3.91. The molecule has 0 unspecified atom stereocenters. The van der Waals surface area contributed by atoms with E-state index in [2.05, 4.69) is 52.2 Å². The van der Waals surface area contributed by atoms with Gasteiger partial charge in [-0.2, -0.15) is 0 Å². The first-order valence-electron chi connectivity index (χ1n) is 12.7. The number of aromatic nitrogens is 2. The average Bonchev–Trinajstić information content (AvgIpc) is 2.90. The van der Waals surface area contributed by atoms with Crippen molar-refractivity contribution in [2.75, 3.05) is 36.8 Å². The van der Waals surface area contributed by atoms with Crippen molar-refractivity contribution in [2.45, 2.75) is 33.6 Å². The van der Waals surface area contributed by atoms with Crippen molar-refractivity contribution in [2.24, 2.45) is 0 Å². The maximum absolute atomic E-state index is 12.3. The van der Waals surface area contributed by atoms with Crippen LogP contribution in [0.1, 0.15) is 43.4 Å². The van der Waals surface area contributed by atoms with E-state index < -0.39 is 0 Å². The van der Waals surface area contributed by atoms with Gasteiger partial charge in [0.15, 0.2) is 5.82 Å². The average molecular weight is 535 g/mol. The van der Waals surface area contributed by atoms with Crippen LogP contribution in [0.15, 0.2) is 54.6 Å². The van der Waals surface area contributed by atoms with Crippen molar-refractivity contribution in [3.05, 3.63) is 76.3 Å². The fraction of sp³-hybridized carbons (Fsp3) is 0.310. The third kappa shape index (κ3) is 8.88. The van der Waals surface area contributed by atoms with Crippen molar-refractivity contribution in [3.63, 3.8) is 0 Å². The van der Waals surface area contributed by atoms with E-state index in [9.17, 15) is 9.59 Å². The molecule has 200 valence electrons. The first-order valence-corrected chi connectivity index (χ1v) is 13.0. The predicted molar refractivity (Wildman–Crippen MR) is 155 cm³/mol. The minimum Gasteiger partial charge on any atom is -0.368 e. The second kappa shape index (κ2) is 14.1. The van der Waals surface area contributed by atoms with Crippen LogP contribution in [-0.2, 0) is 9.59 Å². The topological polar surface area (TPSA) is 108 Å². The van der Waals surface area contributed by atoms with E-state index in [1.54, 1.807) is 18.2 Å². The normalized spacial score (nSPS) is 11.0. The Labute approximate surface area is 229 Å². The summed E-state index contributed by atoms with van der Waals surface area (Å²) in [5.74, 6) is 2.07. The fourth-order valence-electron chi connectivity index (χ4n) is 3.60. The van der Waals surface area contributed by atoms with Crippen LogP contribution < -0.4 is 21.3 Å². The van der Waals surface area contributed by atoms with Gasteiger partial charge in [-0.05, 0) is 54.3 Å². The quantitative estimate of drug-likeness (QED) is 0.192. The van der Waals surface area contributed by atoms with Gasteiger partial charge in [0.05, 0.1) is 0 Å². The van der Waals surface area contributed by atoms with Crippen LogP contribution in [0.25, 0.3) is 17.5 Å². The highest BCUT2D eigenvalue weighted by atomic mass is 35.5. The molecule has 2 aromatic carbocycles. The Morgan fingerprint density at radius 2 is 1.45 bits per heavy atom. The molecular formula is C29H35ClN6O2. The summed E-state index contributed by atoms with van der Waals surface area (Å²) in [5.41, 5.74) is 3.90. The van der Waals surface area contributed by atoms with E-state index in [4.69, 9.17) is 16.6 Å². The summed E-state index contributed by atoms with van der Waals surface area (Å²) in [6.45, 7) is 9.58. The summed E-state index contributed by atoms with van der Waals surface area (Å²) in [6, 6.07) is 15.5. The number of hydrogen-bond donors (Lipinski definition) is 4. The van der Waals surface area contributed by atoms with Gasteiger partial charge in [-0.15, -0.1) is 0 Å². The number of hydrogen-bond acceptors (Lipinski definition) is 6. The van der Waals surface area contributed by atoms with Gasteiger partial charge >= 0.3 is 0 Å². The molecule has 1 aromatic heterocycles. The van der Waals surface area contributed by atoms with Crippen LogP contribution >= 0.6 is 11.6 Å². The monoisotopic (exact) mass is 534 g/mol. The molecule has 0 aliphatic rings. The molecule has 0 atom stereocenters. The SMILES string of the molecule is CC(=O)NCCNc1nc(-c2ccc(Cl)cc2)nc(NCCNC(=O)C=Cc2ccc(C(C)C)cc2)c1C. The zero-order chi connectivity index (χ0) is 27.5. The van der Waals surface area contributed by atoms with Crippen molar-refractivity contribution in [3.8, 4) is 11.4 Å². The van der Waals surface area contributed by atoms with Crippen LogP contribution in [0.2, 0.25) is 5.02 Å². The first-order chi connectivity index (χ1) is 18.2. The van der Waals surface area contributed by atoms with Crippen LogP contribution in [0, 0.1) is 6.92 Å². The van der Waals surface area contributed by atoms with Gasteiger partial charge < -0.3 is 21.3 Å². The fourth-order valence-corrected chi connectivity index (χ4v) is 3.72. The highest BCUT2D eigenvalue weighted by Gasteiger charge is 2.12. The maximum atomic E-state index is 12.3. The zero-order valence-corrected chi connectivity index (χ0v) is 23.0. The van der Waals surface area contributed by atoms with E-state index in [1.807, 2.05) is 31.2 Å². The summed E-state index contributed by atoms with van der Waals surface area (Å²) in [6.07, 6.45) is 3.34. The third-order valence-corrected chi connectivity index (χ3v) is 6.04. The molecule has 4 N–H and O–H groups in total. The standard InChI is InChI=1S/C29H35ClN6O2/c1-19(2)23-8-5-22(6-9-23)7-14-26(38)32-16-18-34-28-20(3)27(33-17-15-31-21(4)37)35-29(36-28)24-10-12-25(30)13-11-24/h5-14,19H,15-18H2,1-4H3,(H,31,37)(H,32,38)(H2,33,34,35,36). The minimum atomic E-state index is -0.165. The molecule has 0 aliphatic carbocycles. The number of carbonyl (C=O) groups is 2. The van der Waals surface area contributed by atoms with E-state index >= 15 is 0 Å². The molecule has 1 heterocycles. The first kappa shape index (κ1) is 28.7. The lowest BCUT2D eigenvalue weighted by molar-refractivity contribution is -0.119. The summed E-state index contributed by atoms with van der Waals surface area (Å²) in [7, 11) is 0. The van der Waals surface area contributed by atoms with Gasteiger partial charge in [0, 0.05) is 55.3 Å². The lowest BCUT2D eigenvalue weighted by atomic mass is 10.0. The second-order valence-electron chi connectivity index (χ2n) is 9.16. The van der Waals surface area contributed by atoms with Crippen molar-refractivity contribution in [1.29, 1.82) is 0 Å². The predicted octanol–water partition coefficient (Wildman–Crippen LogP) is 5.02. The summed E-state index contributed by atoms with van der Waals surface area (Å²) < 4.78 is 0. The molecule has 3 aromatic rings. The number of carbonyl (C=O) groups excluding carboxylic acids is 2. The summed E-state index contributed by atoms with van der Waals surface area (Å²) >= 11 is 6.04. The summed E-state index contributed by atoms with van der Waals surface area (Å²) in [5, 5.41) is 12.9. The van der Waals surface area contributed by atoms with Crippen molar-refractivity contribution >= 4 is 41.1 Å². The molecule has 0 saturated heterocycles. The summed E-state index contributed by atoms with van der Waals surface area (Å²) in [4.78, 5) is 32.8. The van der Waals surface area contributed by atoms with E-state index in [1.165, 1.54) is 18.6 Å². The molecule has 38 heavy (non-hydrogen) atoms.